The van der Waals surface area contributed by atoms with E-state index < -0.39 is 6.04 Å². The van der Waals surface area contributed by atoms with Crippen LogP contribution in [-0.2, 0) is 28.3 Å². The maximum atomic E-state index is 13.7. The van der Waals surface area contributed by atoms with Crippen molar-refractivity contribution in [3.8, 4) is 5.75 Å². The normalized spacial score (nSPS) is 11.6. The third-order valence-corrected chi connectivity index (χ3v) is 7.79. The average Bonchev–Trinajstić information content (AvgIpc) is 2.93. The molecule has 0 aliphatic carbocycles. The number of unbranched alkanes of at least 4 members (excludes halogenated alkanes) is 1. The molecule has 0 bridgehead atoms. The van der Waals surface area contributed by atoms with Crippen LogP contribution in [0.4, 0.5) is 0 Å². The second kappa shape index (κ2) is 15.7. The first-order valence-electron chi connectivity index (χ1n) is 12.7. The molecule has 0 saturated carbocycles. The lowest BCUT2D eigenvalue weighted by molar-refractivity contribution is -0.139. The SMILES string of the molecule is CCCCNC(=O)[C@@H](Cc1ccccc1)N(Cc1cccc(OC)c1)C(=O)CSCc1ccc(Cl)c(Cl)c1. The number of halogens is 2. The van der Waals surface area contributed by atoms with Gasteiger partial charge in [0, 0.05) is 25.3 Å². The van der Waals surface area contributed by atoms with Crippen molar-refractivity contribution in [2.75, 3.05) is 19.4 Å². The Labute approximate surface area is 239 Å². The zero-order valence-corrected chi connectivity index (χ0v) is 24.1. The number of thioether (sulfide) groups is 1. The molecule has 38 heavy (non-hydrogen) atoms. The van der Waals surface area contributed by atoms with E-state index in [9.17, 15) is 9.59 Å². The molecular weight excluding hydrogens is 539 g/mol. The number of carbonyl (C=O) groups excluding carboxylic acids is 2. The standard InChI is InChI=1S/C30H34Cl2N2O3S/c1-3-4-15-33-30(36)28(18-22-9-6-5-7-10-22)34(19-23-11-8-12-25(16-23)37-2)29(35)21-38-20-24-13-14-26(31)27(32)17-24/h5-14,16-17,28H,3-4,15,18-21H2,1-2H3,(H,33,36)/t28-/m1/s1. The van der Waals surface area contributed by atoms with Gasteiger partial charge in [-0.15, -0.1) is 11.8 Å². The van der Waals surface area contributed by atoms with Gasteiger partial charge in [-0.3, -0.25) is 9.59 Å². The van der Waals surface area contributed by atoms with Crippen LogP contribution in [0.15, 0.2) is 72.8 Å². The fourth-order valence-corrected chi connectivity index (χ4v) is 5.17. The van der Waals surface area contributed by atoms with Crippen LogP contribution >= 0.6 is 35.0 Å². The van der Waals surface area contributed by atoms with E-state index in [0.29, 0.717) is 41.1 Å². The zero-order chi connectivity index (χ0) is 27.3. The Morgan fingerprint density at radius 2 is 1.71 bits per heavy atom. The number of hydrogen-bond acceptors (Lipinski definition) is 4. The summed E-state index contributed by atoms with van der Waals surface area (Å²) in [5.74, 6) is 1.27. The minimum atomic E-state index is -0.654. The van der Waals surface area contributed by atoms with Crippen molar-refractivity contribution >= 4 is 46.8 Å². The summed E-state index contributed by atoms with van der Waals surface area (Å²) in [6.45, 7) is 2.95. The van der Waals surface area contributed by atoms with Gasteiger partial charge in [0.15, 0.2) is 0 Å². The number of ether oxygens (including phenoxy) is 1. The molecule has 2 amide bonds. The first-order chi connectivity index (χ1) is 18.4. The first kappa shape index (κ1) is 29.9. The average molecular weight is 574 g/mol. The fraction of sp³-hybridized carbons (Fsp3) is 0.333. The minimum Gasteiger partial charge on any atom is -0.497 e. The van der Waals surface area contributed by atoms with Crippen molar-refractivity contribution in [1.82, 2.24) is 10.2 Å². The van der Waals surface area contributed by atoms with Gasteiger partial charge < -0.3 is 15.0 Å². The van der Waals surface area contributed by atoms with Gasteiger partial charge in [0.1, 0.15) is 11.8 Å². The number of carbonyl (C=O) groups is 2. The molecule has 1 atom stereocenters. The summed E-state index contributed by atoms with van der Waals surface area (Å²) < 4.78 is 5.39. The molecule has 0 aliphatic heterocycles. The van der Waals surface area contributed by atoms with E-state index in [1.165, 1.54) is 11.8 Å². The van der Waals surface area contributed by atoms with Gasteiger partial charge in [-0.1, -0.05) is 85.1 Å². The smallest absolute Gasteiger partial charge is 0.243 e. The Balaban J connectivity index is 1.84. The summed E-state index contributed by atoms with van der Waals surface area (Å²) in [7, 11) is 1.61. The predicted octanol–water partition coefficient (Wildman–Crippen LogP) is 6.79. The summed E-state index contributed by atoms with van der Waals surface area (Å²) in [4.78, 5) is 28.9. The van der Waals surface area contributed by atoms with E-state index in [-0.39, 0.29) is 17.6 Å². The van der Waals surface area contributed by atoms with Crippen molar-refractivity contribution in [1.29, 1.82) is 0 Å². The zero-order valence-electron chi connectivity index (χ0n) is 21.8. The molecule has 5 nitrogen and oxygen atoms in total. The fourth-order valence-electron chi connectivity index (χ4n) is 4.00. The van der Waals surface area contributed by atoms with Crippen LogP contribution in [0.1, 0.15) is 36.5 Å². The summed E-state index contributed by atoms with van der Waals surface area (Å²) >= 11 is 13.7. The first-order valence-corrected chi connectivity index (χ1v) is 14.6. The third kappa shape index (κ3) is 9.26. The number of nitrogens with one attached hydrogen (secondary N) is 1. The summed E-state index contributed by atoms with van der Waals surface area (Å²) in [6, 6.07) is 22.2. The molecule has 0 aliphatic rings. The molecule has 3 aromatic rings. The number of hydrogen-bond donors (Lipinski definition) is 1. The summed E-state index contributed by atoms with van der Waals surface area (Å²) in [5.41, 5.74) is 2.87. The van der Waals surface area contributed by atoms with Gasteiger partial charge in [-0.25, -0.2) is 0 Å². The largest absolute Gasteiger partial charge is 0.497 e. The molecule has 0 unspecified atom stereocenters. The van der Waals surface area contributed by atoms with E-state index in [0.717, 1.165) is 29.5 Å². The van der Waals surface area contributed by atoms with Crippen LogP contribution in [-0.4, -0.2) is 42.2 Å². The molecule has 8 heteroatoms. The van der Waals surface area contributed by atoms with Gasteiger partial charge >= 0.3 is 0 Å². The summed E-state index contributed by atoms with van der Waals surface area (Å²) in [5, 5.41) is 4.04. The van der Waals surface area contributed by atoms with Crippen molar-refractivity contribution < 1.29 is 14.3 Å². The van der Waals surface area contributed by atoms with Crippen LogP contribution in [0, 0.1) is 0 Å². The highest BCUT2D eigenvalue weighted by Gasteiger charge is 2.30. The second-order valence-electron chi connectivity index (χ2n) is 8.96. The minimum absolute atomic E-state index is 0.107. The molecule has 0 saturated heterocycles. The van der Waals surface area contributed by atoms with E-state index in [1.54, 1.807) is 18.1 Å². The number of benzene rings is 3. The summed E-state index contributed by atoms with van der Waals surface area (Å²) in [6.07, 6.45) is 2.28. The molecule has 0 heterocycles. The van der Waals surface area contributed by atoms with E-state index in [4.69, 9.17) is 27.9 Å². The van der Waals surface area contributed by atoms with E-state index >= 15 is 0 Å². The van der Waals surface area contributed by atoms with Crippen LogP contribution in [0.5, 0.6) is 5.75 Å². The van der Waals surface area contributed by atoms with Crippen LogP contribution in [0.2, 0.25) is 10.0 Å². The number of methoxy groups -OCH3 is 1. The highest BCUT2D eigenvalue weighted by molar-refractivity contribution is 7.99. The predicted molar refractivity (Wildman–Crippen MR) is 158 cm³/mol. The lowest BCUT2D eigenvalue weighted by Crippen LogP contribution is -2.51. The van der Waals surface area contributed by atoms with Crippen LogP contribution in [0.25, 0.3) is 0 Å². The van der Waals surface area contributed by atoms with Crippen molar-refractivity contribution in [2.45, 2.75) is 44.5 Å². The molecule has 3 aromatic carbocycles. The van der Waals surface area contributed by atoms with Gasteiger partial charge in [0.2, 0.25) is 11.8 Å². The Kier molecular flexibility index (Phi) is 12.3. The van der Waals surface area contributed by atoms with Gasteiger partial charge in [0.25, 0.3) is 0 Å². The Morgan fingerprint density at radius 1 is 0.947 bits per heavy atom. The van der Waals surface area contributed by atoms with Crippen LogP contribution < -0.4 is 10.1 Å². The lowest BCUT2D eigenvalue weighted by atomic mass is 10.0. The van der Waals surface area contributed by atoms with Gasteiger partial charge in [0.05, 0.1) is 22.9 Å². The molecule has 202 valence electrons. The van der Waals surface area contributed by atoms with Gasteiger partial charge in [-0.2, -0.15) is 0 Å². The molecule has 0 aromatic heterocycles. The monoisotopic (exact) mass is 572 g/mol. The van der Waals surface area contributed by atoms with Crippen molar-refractivity contribution in [3.05, 3.63) is 99.5 Å². The maximum absolute atomic E-state index is 13.7. The van der Waals surface area contributed by atoms with Crippen LogP contribution in [0.3, 0.4) is 0 Å². The third-order valence-electron chi connectivity index (χ3n) is 6.07. The maximum Gasteiger partial charge on any atom is 0.243 e. The number of amides is 2. The Hall–Kier alpha value is -2.67. The van der Waals surface area contributed by atoms with Gasteiger partial charge in [-0.05, 0) is 47.4 Å². The molecule has 0 spiro atoms. The number of nitrogens with zero attached hydrogens (tertiary/aromatic N) is 1. The molecule has 0 radical (unpaired) electrons. The van der Waals surface area contributed by atoms with Crippen molar-refractivity contribution in [3.63, 3.8) is 0 Å². The van der Waals surface area contributed by atoms with Crippen molar-refractivity contribution in [2.24, 2.45) is 0 Å². The second-order valence-corrected chi connectivity index (χ2v) is 10.8. The molecule has 1 N–H and O–H groups in total. The van der Waals surface area contributed by atoms with E-state index in [2.05, 4.69) is 12.2 Å². The highest BCUT2D eigenvalue weighted by atomic mass is 35.5. The highest BCUT2D eigenvalue weighted by Crippen LogP contribution is 2.25. The topological polar surface area (TPSA) is 58.6 Å². The number of rotatable bonds is 14. The molecular formula is C30H34Cl2N2O3S. The Bertz CT molecular complexity index is 1190. The molecule has 3 rings (SSSR count). The quantitative estimate of drug-likeness (QED) is 0.216. The molecule has 0 fully saturated rings. The van der Waals surface area contributed by atoms with E-state index in [1.807, 2.05) is 66.7 Å². The Morgan fingerprint density at radius 3 is 2.42 bits per heavy atom. The lowest BCUT2D eigenvalue weighted by Gasteiger charge is -2.31.